The van der Waals surface area contributed by atoms with Crippen LogP contribution >= 0.6 is 0 Å². The average Bonchev–Trinajstić information content (AvgIpc) is 2.55. The van der Waals surface area contributed by atoms with Crippen molar-refractivity contribution in [3.05, 3.63) is 17.0 Å². The summed E-state index contributed by atoms with van der Waals surface area (Å²) in [6.07, 6.45) is 1.81. The summed E-state index contributed by atoms with van der Waals surface area (Å²) < 4.78 is 7.14. The van der Waals surface area contributed by atoms with E-state index in [2.05, 4.69) is 5.10 Å². The number of carboxylic acids is 1. The van der Waals surface area contributed by atoms with Crippen LogP contribution in [0, 0.1) is 13.8 Å². The van der Waals surface area contributed by atoms with E-state index in [0.29, 0.717) is 11.3 Å². The van der Waals surface area contributed by atoms with Crippen molar-refractivity contribution in [2.75, 3.05) is 13.2 Å². The zero-order chi connectivity index (χ0) is 11.7. The smallest absolute Gasteiger partial charge is 0.339 e. The number of rotatable bonds is 2. The fraction of sp³-hybridized carbons (Fsp3) is 0.636. The molecule has 5 nitrogen and oxygen atoms in total. The molecule has 0 radical (unpaired) electrons. The first-order valence-electron chi connectivity index (χ1n) is 5.48. The first kappa shape index (κ1) is 11.1. The number of nitrogens with zero attached hydrogens (tertiary/aromatic N) is 2. The van der Waals surface area contributed by atoms with Gasteiger partial charge < -0.3 is 9.84 Å². The molecule has 1 fully saturated rings. The lowest BCUT2D eigenvalue weighted by atomic mass is 10.1. The van der Waals surface area contributed by atoms with Gasteiger partial charge in [0, 0.05) is 13.2 Å². The molecule has 1 aromatic heterocycles. The fourth-order valence-corrected chi connectivity index (χ4v) is 2.26. The first-order chi connectivity index (χ1) is 7.61. The largest absolute Gasteiger partial charge is 0.478 e. The van der Waals surface area contributed by atoms with Crippen LogP contribution in [0.3, 0.4) is 0 Å². The molecule has 0 unspecified atom stereocenters. The van der Waals surface area contributed by atoms with Crippen LogP contribution in [-0.2, 0) is 4.74 Å². The van der Waals surface area contributed by atoms with Gasteiger partial charge in [0.2, 0.25) is 0 Å². The second kappa shape index (κ2) is 4.25. The van der Waals surface area contributed by atoms with E-state index in [1.54, 1.807) is 6.92 Å². The summed E-state index contributed by atoms with van der Waals surface area (Å²) in [5, 5.41) is 13.4. The van der Waals surface area contributed by atoms with Gasteiger partial charge in [-0.1, -0.05) is 0 Å². The molecule has 0 aromatic carbocycles. The third-order valence-corrected chi connectivity index (χ3v) is 3.08. The van der Waals surface area contributed by atoms with Crippen LogP contribution in [0.2, 0.25) is 0 Å². The Morgan fingerprint density at radius 3 is 2.56 bits per heavy atom. The van der Waals surface area contributed by atoms with Gasteiger partial charge in [-0.15, -0.1) is 0 Å². The average molecular weight is 224 g/mol. The minimum Gasteiger partial charge on any atom is -0.478 e. The SMILES string of the molecule is Cc1nn(C2CCOCC2)c(C)c1C(=O)O. The first-order valence-corrected chi connectivity index (χ1v) is 5.48. The Balaban J connectivity index is 2.34. The number of hydrogen-bond donors (Lipinski definition) is 1. The normalized spacial score (nSPS) is 17.6. The summed E-state index contributed by atoms with van der Waals surface area (Å²) >= 11 is 0. The number of hydrogen-bond acceptors (Lipinski definition) is 3. The lowest BCUT2D eigenvalue weighted by Gasteiger charge is -2.23. The molecule has 0 amide bonds. The highest BCUT2D eigenvalue weighted by Crippen LogP contribution is 2.24. The van der Waals surface area contributed by atoms with Gasteiger partial charge in [0.25, 0.3) is 0 Å². The van der Waals surface area contributed by atoms with E-state index >= 15 is 0 Å². The topological polar surface area (TPSA) is 64.4 Å². The zero-order valence-corrected chi connectivity index (χ0v) is 9.56. The number of carboxylic acid groups (broad SMARTS) is 1. The maximum atomic E-state index is 11.1. The molecule has 2 heterocycles. The van der Waals surface area contributed by atoms with Gasteiger partial charge in [0.15, 0.2) is 0 Å². The highest BCUT2D eigenvalue weighted by molar-refractivity contribution is 5.90. The van der Waals surface area contributed by atoms with E-state index < -0.39 is 5.97 Å². The molecule has 0 bridgehead atoms. The molecule has 16 heavy (non-hydrogen) atoms. The Bertz CT molecular complexity index is 406. The van der Waals surface area contributed by atoms with Crippen molar-refractivity contribution >= 4 is 5.97 Å². The molecule has 1 N–H and O–H groups in total. The monoisotopic (exact) mass is 224 g/mol. The van der Waals surface area contributed by atoms with E-state index in [1.807, 2.05) is 11.6 Å². The standard InChI is InChI=1S/C11H16N2O3/c1-7-10(11(14)15)8(2)13(12-7)9-3-5-16-6-4-9/h9H,3-6H2,1-2H3,(H,14,15). The van der Waals surface area contributed by atoms with Crippen LogP contribution in [0.5, 0.6) is 0 Å². The number of aromatic carboxylic acids is 1. The van der Waals surface area contributed by atoms with Crippen LogP contribution < -0.4 is 0 Å². The predicted octanol–water partition coefficient (Wildman–Crippen LogP) is 1.55. The zero-order valence-electron chi connectivity index (χ0n) is 9.56. The highest BCUT2D eigenvalue weighted by Gasteiger charge is 2.23. The minimum absolute atomic E-state index is 0.278. The Hall–Kier alpha value is -1.36. The van der Waals surface area contributed by atoms with Crippen LogP contribution in [0.25, 0.3) is 0 Å². The van der Waals surface area contributed by atoms with Crippen molar-refractivity contribution < 1.29 is 14.6 Å². The van der Waals surface area contributed by atoms with Gasteiger partial charge in [0.1, 0.15) is 5.56 Å². The van der Waals surface area contributed by atoms with Crippen molar-refractivity contribution in [3.63, 3.8) is 0 Å². The Morgan fingerprint density at radius 1 is 1.44 bits per heavy atom. The predicted molar refractivity (Wildman–Crippen MR) is 57.8 cm³/mol. The van der Waals surface area contributed by atoms with E-state index in [-0.39, 0.29) is 6.04 Å². The van der Waals surface area contributed by atoms with Gasteiger partial charge in [-0.05, 0) is 26.7 Å². The van der Waals surface area contributed by atoms with Crippen LogP contribution in [0.1, 0.15) is 40.6 Å². The Morgan fingerprint density at radius 2 is 2.06 bits per heavy atom. The van der Waals surface area contributed by atoms with Gasteiger partial charge >= 0.3 is 5.97 Å². The lowest BCUT2D eigenvalue weighted by Crippen LogP contribution is -2.21. The number of ether oxygens (including phenoxy) is 1. The molecule has 1 aliphatic heterocycles. The second-order valence-electron chi connectivity index (χ2n) is 4.14. The minimum atomic E-state index is -0.895. The van der Waals surface area contributed by atoms with E-state index in [4.69, 9.17) is 9.84 Å². The number of aromatic nitrogens is 2. The van der Waals surface area contributed by atoms with Gasteiger partial charge in [-0.2, -0.15) is 5.10 Å². The lowest BCUT2D eigenvalue weighted by molar-refractivity contribution is 0.0653. The van der Waals surface area contributed by atoms with Gasteiger partial charge in [0.05, 0.1) is 17.4 Å². The molecule has 1 aliphatic rings. The maximum absolute atomic E-state index is 11.1. The number of aryl methyl sites for hydroxylation is 1. The van der Waals surface area contributed by atoms with Crippen LogP contribution in [0.15, 0.2) is 0 Å². The van der Waals surface area contributed by atoms with Crippen molar-refractivity contribution in [1.29, 1.82) is 0 Å². The molecule has 0 spiro atoms. The summed E-state index contributed by atoms with van der Waals surface area (Å²) in [6.45, 7) is 5.02. The second-order valence-corrected chi connectivity index (χ2v) is 4.14. The molecule has 5 heteroatoms. The van der Waals surface area contributed by atoms with Crippen molar-refractivity contribution in [1.82, 2.24) is 9.78 Å². The molecule has 1 aromatic rings. The third-order valence-electron chi connectivity index (χ3n) is 3.08. The Kier molecular flexibility index (Phi) is 2.96. The molecule has 88 valence electrons. The van der Waals surface area contributed by atoms with Crippen molar-refractivity contribution in [2.45, 2.75) is 32.7 Å². The fourth-order valence-electron chi connectivity index (χ4n) is 2.26. The molecule has 0 atom stereocenters. The third kappa shape index (κ3) is 1.82. The van der Waals surface area contributed by atoms with E-state index in [0.717, 1.165) is 31.7 Å². The molecule has 2 rings (SSSR count). The van der Waals surface area contributed by atoms with E-state index in [9.17, 15) is 4.79 Å². The van der Waals surface area contributed by atoms with Crippen molar-refractivity contribution in [2.24, 2.45) is 0 Å². The summed E-state index contributed by atoms with van der Waals surface area (Å²) in [4.78, 5) is 11.1. The van der Waals surface area contributed by atoms with Crippen LogP contribution in [-0.4, -0.2) is 34.1 Å². The molecule has 1 saturated heterocycles. The molecule has 0 aliphatic carbocycles. The number of carbonyl (C=O) groups is 1. The summed E-state index contributed by atoms with van der Waals surface area (Å²) in [6, 6.07) is 0.278. The Labute approximate surface area is 94.0 Å². The van der Waals surface area contributed by atoms with Gasteiger partial charge in [-0.25, -0.2) is 4.79 Å². The van der Waals surface area contributed by atoms with Gasteiger partial charge in [-0.3, -0.25) is 4.68 Å². The van der Waals surface area contributed by atoms with Crippen LogP contribution in [0.4, 0.5) is 0 Å². The van der Waals surface area contributed by atoms with Crippen molar-refractivity contribution in [3.8, 4) is 0 Å². The summed E-state index contributed by atoms with van der Waals surface area (Å²) in [5.74, 6) is -0.895. The molecule has 0 saturated carbocycles. The summed E-state index contributed by atoms with van der Waals surface area (Å²) in [7, 11) is 0. The van der Waals surface area contributed by atoms with E-state index in [1.165, 1.54) is 0 Å². The maximum Gasteiger partial charge on any atom is 0.339 e. The summed E-state index contributed by atoms with van der Waals surface area (Å²) in [5.41, 5.74) is 1.68. The quantitative estimate of drug-likeness (QED) is 0.827. The molecular formula is C11H16N2O3. The highest BCUT2D eigenvalue weighted by atomic mass is 16.5. The molecular weight excluding hydrogens is 208 g/mol.